The minimum atomic E-state index is -0.817. The van der Waals surface area contributed by atoms with Crippen molar-refractivity contribution in [3.8, 4) is 5.75 Å². The van der Waals surface area contributed by atoms with E-state index in [9.17, 15) is 4.79 Å². The topological polar surface area (TPSA) is 26.3 Å². The average molecular weight is 295 g/mol. The Bertz CT molecular complexity index is 582. The van der Waals surface area contributed by atoms with E-state index in [2.05, 4.69) is 0 Å². The molecule has 0 spiro atoms. The molecule has 0 radical (unpaired) electrons. The lowest BCUT2D eigenvalue weighted by Crippen LogP contribution is -2.14. The first-order valence-electron chi connectivity index (χ1n) is 5.75. The van der Waals surface area contributed by atoms with Crippen LogP contribution < -0.4 is 4.74 Å². The molecule has 0 N–H and O–H groups in total. The summed E-state index contributed by atoms with van der Waals surface area (Å²) in [5.41, 5.74) is 1.57. The van der Waals surface area contributed by atoms with Crippen LogP contribution in [0.1, 0.15) is 17.2 Å². The molecule has 1 atom stereocenters. The van der Waals surface area contributed by atoms with Gasteiger partial charge in [0.25, 0.3) is 5.24 Å². The van der Waals surface area contributed by atoms with Gasteiger partial charge in [-0.1, -0.05) is 41.9 Å². The van der Waals surface area contributed by atoms with Gasteiger partial charge in [0.1, 0.15) is 5.75 Å². The number of halogens is 2. The Labute approximate surface area is 121 Å². The third-order valence-electron chi connectivity index (χ3n) is 2.69. The minimum absolute atomic E-state index is 0.555. The van der Waals surface area contributed by atoms with E-state index in [0.717, 1.165) is 11.1 Å². The molecule has 19 heavy (non-hydrogen) atoms. The molecule has 2 aromatic carbocycles. The largest absolute Gasteiger partial charge is 0.476 e. The molecule has 0 saturated heterocycles. The third kappa shape index (κ3) is 3.49. The molecule has 2 rings (SSSR count). The predicted molar refractivity (Wildman–Crippen MR) is 76.9 cm³/mol. The molecule has 0 heterocycles. The van der Waals surface area contributed by atoms with Gasteiger partial charge in [-0.15, -0.1) is 0 Å². The van der Waals surface area contributed by atoms with Crippen LogP contribution in [0.3, 0.4) is 0 Å². The molecule has 2 aromatic rings. The van der Waals surface area contributed by atoms with Crippen molar-refractivity contribution in [3.05, 3.63) is 64.7 Å². The van der Waals surface area contributed by atoms with E-state index in [1.54, 1.807) is 30.3 Å². The fourth-order valence-corrected chi connectivity index (χ4v) is 2.14. The summed E-state index contributed by atoms with van der Waals surface area (Å²) in [6.07, 6.45) is -0.817. The summed E-state index contributed by atoms with van der Waals surface area (Å²) in [5.74, 6) is 0.590. The smallest absolute Gasteiger partial charge is 0.267 e. The van der Waals surface area contributed by atoms with Crippen LogP contribution in [-0.2, 0) is 4.79 Å². The van der Waals surface area contributed by atoms with E-state index >= 15 is 0 Å². The summed E-state index contributed by atoms with van der Waals surface area (Å²) < 4.78 is 5.71. The van der Waals surface area contributed by atoms with Crippen LogP contribution in [-0.4, -0.2) is 5.24 Å². The normalized spacial score (nSPS) is 11.9. The Morgan fingerprint density at radius 3 is 2.42 bits per heavy atom. The van der Waals surface area contributed by atoms with Gasteiger partial charge >= 0.3 is 0 Å². The van der Waals surface area contributed by atoms with Crippen molar-refractivity contribution in [1.29, 1.82) is 0 Å². The van der Waals surface area contributed by atoms with Gasteiger partial charge in [0.2, 0.25) is 0 Å². The predicted octanol–water partition coefficient (Wildman–Crippen LogP) is 4.53. The van der Waals surface area contributed by atoms with Crippen molar-refractivity contribution in [2.75, 3.05) is 0 Å². The monoisotopic (exact) mass is 294 g/mol. The first-order chi connectivity index (χ1) is 9.08. The van der Waals surface area contributed by atoms with Crippen LogP contribution in [0.5, 0.6) is 5.75 Å². The first-order valence-corrected chi connectivity index (χ1v) is 6.50. The standard InChI is InChI=1S/C15H12Cl2O2/c1-10-9-12(16)7-8-13(10)19-14(15(17)18)11-5-3-2-4-6-11/h2-9,14H,1H3. The quantitative estimate of drug-likeness (QED) is 0.774. The zero-order valence-electron chi connectivity index (χ0n) is 10.3. The summed E-state index contributed by atoms with van der Waals surface area (Å²) in [4.78, 5) is 11.5. The van der Waals surface area contributed by atoms with Crippen molar-refractivity contribution >= 4 is 28.4 Å². The van der Waals surface area contributed by atoms with E-state index in [0.29, 0.717) is 10.8 Å². The molecule has 2 nitrogen and oxygen atoms in total. The van der Waals surface area contributed by atoms with Crippen LogP contribution in [0, 0.1) is 6.92 Å². The van der Waals surface area contributed by atoms with E-state index in [1.807, 2.05) is 25.1 Å². The molecule has 98 valence electrons. The Kier molecular flexibility index (Phi) is 4.46. The number of ether oxygens (including phenoxy) is 1. The second-order valence-electron chi connectivity index (χ2n) is 4.12. The molecule has 0 fully saturated rings. The van der Waals surface area contributed by atoms with Crippen LogP contribution in [0.4, 0.5) is 0 Å². The van der Waals surface area contributed by atoms with E-state index in [4.69, 9.17) is 27.9 Å². The highest BCUT2D eigenvalue weighted by atomic mass is 35.5. The number of aryl methyl sites for hydroxylation is 1. The van der Waals surface area contributed by atoms with Gasteiger partial charge in [-0.25, -0.2) is 0 Å². The number of benzene rings is 2. The van der Waals surface area contributed by atoms with Gasteiger partial charge in [-0.05, 0) is 42.3 Å². The van der Waals surface area contributed by atoms with E-state index in [1.165, 1.54) is 0 Å². The Morgan fingerprint density at radius 1 is 1.16 bits per heavy atom. The summed E-state index contributed by atoms with van der Waals surface area (Å²) in [5, 5.41) is 0.0684. The molecule has 0 aliphatic heterocycles. The van der Waals surface area contributed by atoms with Crippen molar-refractivity contribution in [2.45, 2.75) is 13.0 Å². The molecule has 0 aliphatic carbocycles. The van der Waals surface area contributed by atoms with Gasteiger partial charge in [-0.3, -0.25) is 4.79 Å². The SMILES string of the molecule is Cc1cc(Cl)ccc1OC(C(=O)Cl)c1ccccc1. The minimum Gasteiger partial charge on any atom is -0.476 e. The molecule has 0 saturated carbocycles. The molecule has 0 bridgehead atoms. The maximum Gasteiger partial charge on any atom is 0.267 e. The van der Waals surface area contributed by atoms with Crippen molar-refractivity contribution in [1.82, 2.24) is 0 Å². The third-order valence-corrected chi connectivity index (χ3v) is 3.12. The number of hydrogen-bond donors (Lipinski definition) is 0. The van der Waals surface area contributed by atoms with E-state index < -0.39 is 11.3 Å². The number of rotatable bonds is 4. The summed E-state index contributed by atoms with van der Waals surface area (Å²) >= 11 is 11.5. The fraction of sp³-hybridized carbons (Fsp3) is 0.133. The summed E-state index contributed by atoms with van der Waals surface area (Å²) in [7, 11) is 0. The molecule has 0 aromatic heterocycles. The molecular formula is C15H12Cl2O2. The van der Waals surface area contributed by atoms with Crippen molar-refractivity contribution in [2.24, 2.45) is 0 Å². The average Bonchev–Trinajstić information content (AvgIpc) is 2.38. The number of carbonyl (C=O) groups is 1. The number of hydrogen-bond acceptors (Lipinski definition) is 2. The Balaban J connectivity index is 2.29. The van der Waals surface area contributed by atoms with Crippen molar-refractivity contribution < 1.29 is 9.53 Å². The zero-order valence-corrected chi connectivity index (χ0v) is 11.8. The highest BCUT2D eigenvalue weighted by Gasteiger charge is 2.21. The molecule has 0 amide bonds. The Morgan fingerprint density at radius 2 is 1.84 bits per heavy atom. The highest BCUT2D eigenvalue weighted by Crippen LogP contribution is 2.28. The zero-order chi connectivity index (χ0) is 13.8. The molecule has 4 heteroatoms. The fourth-order valence-electron chi connectivity index (χ4n) is 1.75. The van der Waals surface area contributed by atoms with Gasteiger partial charge in [0, 0.05) is 10.6 Å². The maximum atomic E-state index is 11.5. The Hall–Kier alpha value is -1.51. The lowest BCUT2D eigenvalue weighted by molar-refractivity contribution is -0.118. The first kappa shape index (κ1) is 13.9. The van der Waals surface area contributed by atoms with Crippen LogP contribution in [0.25, 0.3) is 0 Å². The van der Waals surface area contributed by atoms with Gasteiger partial charge in [0.15, 0.2) is 6.10 Å². The van der Waals surface area contributed by atoms with Crippen molar-refractivity contribution in [3.63, 3.8) is 0 Å². The van der Waals surface area contributed by atoms with Gasteiger partial charge in [0.05, 0.1) is 0 Å². The maximum absolute atomic E-state index is 11.5. The lowest BCUT2D eigenvalue weighted by Gasteiger charge is -2.17. The van der Waals surface area contributed by atoms with Crippen LogP contribution >= 0.6 is 23.2 Å². The molecule has 1 unspecified atom stereocenters. The lowest BCUT2D eigenvalue weighted by atomic mass is 10.1. The van der Waals surface area contributed by atoms with Gasteiger partial charge < -0.3 is 4.74 Å². The van der Waals surface area contributed by atoms with E-state index in [-0.39, 0.29) is 0 Å². The second-order valence-corrected chi connectivity index (χ2v) is 4.93. The molecule has 0 aliphatic rings. The second kappa shape index (κ2) is 6.09. The highest BCUT2D eigenvalue weighted by molar-refractivity contribution is 6.64. The molecular weight excluding hydrogens is 283 g/mol. The van der Waals surface area contributed by atoms with Crippen LogP contribution in [0.15, 0.2) is 48.5 Å². The summed E-state index contributed by atoms with van der Waals surface area (Å²) in [6.45, 7) is 1.86. The van der Waals surface area contributed by atoms with Gasteiger partial charge in [-0.2, -0.15) is 0 Å². The number of carbonyl (C=O) groups excluding carboxylic acids is 1. The van der Waals surface area contributed by atoms with Crippen LogP contribution in [0.2, 0.25) is 5.02 Å². The summed E-state index contributed by atoms with van der Waals surface area (Å²) in [6, 6.07) is 14.4.